The summed E-state index contributed by atoms with van der Waals surface area (Å²) >= 11 is 7.88. The Bertz CT molecular complexity index is 553. The van der Waals surface area contributed by atoms with Gasteiger partial charge in [-0.15, -0.1) is 0 Å². The fourth-order valence-corrected chi connectivity index (χ4v) is 3.37. The van der Waals surface area contributed by atoms with E-state index in [9.17, 15) is 9.59 Å². The van der Waals surface area contributed by atoms with Gasteiger partial charge in [0.25, 0.3) is 0 Å². The lowest BCUT2D eigenvalue weighted by molar-refractivity contribution is -0.117. The summed E-state index contributed by atoms with van der Waals surface area (Å²) in [4.78, 5) is 25.1. The van der Waals surface area contributed by atoms with Crippen molar-refractivity contribution in [2.45, 2.75) is 13.0 Å². The number of nitrogens with one attached hydrogen (secondary N) is 1. The summed E-state index contributed by atoms with van der Waals surface area (Å²) in [6.07, 6.45) is 0. The summed E-state index contributed by atoms with van der Waals surface area (Å²) in [5.74, 6) is 0.803. The molecule has 1 aliphatic rings. The van der Waals surface area contributed by atoms with E-state index in [0.717, 1.165) is 18.1 Å². The molecule has 21 heavy (non-hydrogen) atoms. The molecule has 0 spiro atoms. The van der Waals surface area contributed by atoms with E-state index in [1.807, 2.05) is 11.8 Å². The lowest BCUT2D eigenvalue weighted by Gasteiger charge is -2.32. The maximum Gasteiger partial charge on any atom is 0.335 e. The van der Waals surface area contributed by atoms with E-state index in [4.69, 9.17) is 16.7 Å². The molecule has 2 rings (SSSR count). The van der Waals surface area contributed by atoms with Gasteiger partial charge in [0.2, 0.25) is 5.91 Å². The van der Waals surface area contributed by atoms with Crippen molar-refractivity contribution in [2.75, 3.05) is 29.9 Å². The Labute approximate surface area is 132 Å². The number of hydrogen-bond donors (Lipinski definition) is 2. The average Bonchev–Trinajstić information content (AvgIpc) is 2.43. The van der Waals surface area contributed by atoms with Gasteiger partial charge in [-0.05, 0) is 25.1 Å². The number of anilines is 1. The molecule has 1 heterocycles. The van der Waals surface area contributed by atoms with Gasteiger partial charge in [0.05, 0.1) is 22.8 Å². The molecule has 1 unspecified atom stereocenters. The summed E-state index contributed by atoms with van der Waals surface area (Å²) in [6.45, 7) is 3.26. The third-order valence-electron chi connectivity index (χ3n) is 3.34. The first kappa shape index (κ1) is 16.1. The van der Waals surface area contributed by atoms with Crippen LogP contribution in [0.3, 0.4) is 0 Å². The molecule has 1 atom stereocenters. The minimum absolute atomic E-state index is 0.0949. The molecule has 1 fully saturated rings. The van der Waals surface area contributed by atoms with Crippen LogP contribution < -0.4 is 5.32 Å². The lowest BCUT2D eigenvalue weighted by Crippen LogP contribution is -2.44. The van der Waals surface area contributed by atoms with Crippen LogP contribution in [0.25, 0.3) is 0 Å². The van der Waals surface area contributed by atoms with Crippen LogP contribution in [-0.2, 0) is 4.79 Å². The van der Waals surface area contributed by atoms with Crippen molar-refractivity contribution < 1.29 is 14.7 Å². The second-order valence-electron chi connectivity index (χ2n) is 4.94. The second kappa shape index (κ2) is 7.15. The van der Waals surface area contributed by atoms with E-state index in [-0.39, 0.29) is 18.0 Å². The van der Waals surface area contributed by atoms with Crippen LogP contribution >= 0.6 is 23.4 Å². The first-order valence-corrected chi connectivity index (χ1v) is 8.15. The van der Waals surface area contributed by atoms with E-state index < -0.39 is 5.97 Å². The van der Waals surface area contributed by atoms with Crippen molar-refractivity contribution in [3.05, 3.63) is 28.8 Å². The Morgan fingerprint density at radius 1 is 1.52 bits per heavy atom. The van der Waals surface area contributed by atoms with Gasteiger partial charge in [0.1, 0.15) is 0 Å². The van der Waals surface area contributed by atoms with Crippen molar-refractivity contribution in [1.82, 2.24) is 4.90 Å². The third kappa shape index (κ3) is 4.36. The van der Waals surface area contributed by atoms with Crippen molar-refractivity contribution >= 4 is 40.9 Å². The number of carboxylic acid groups (broad SMARTS) is 1. The Hall–Kier alpha value is -1.24. The molecule has 0 aliphatic carbocycles. The minimum Gasteiger partial charge on any atom is -0.478 e. The number of nitrogens with zero attached hydrogens (tertiary/aromatic N) is 1. The van der Waals surface area contributed by atoms with Crippen LogP contribution in [0, 0.1) is 0 Å². The molecule has 7 heteroatoms. The summed E-state index contributed by atoms with van der Waals surface area (Å²) < 4.78 is 0. The molecule has 1 aromatic rings. The maximum atomic E-state index is 12.1. The Balaban J connectivity index is 2.02. The quantitative estimate of drug-likeness (QED) is 0.888. The van der Waals surface area contributed by atoms with E-state index in [2.05, 4.69) is 17.1 Å². The topological polar surface area (TPSA) is 69.6 Å². The lowest BCUT2D eigenvalue weighted by atomic mass is 10.2. The zero-order chi connectivity index (χ0) is 15.4. The van der Waals surface area contributed by atoms with E-state index >= 15 is 0 Å². The Morgan fingerprint density at radius 3 is 2.95 bits per heavy atom. The number of rotatable bonds is 4. The first-order chi connectivity index (χ1) is 9.97. The summed E-state index contributed by atoms with van der Waals surface area (Å²) in [7, 11) is 0. The van der Waals surface area contributed by atoms with Crippen molar-refractivity contribution in [1.29, 1.82) is 0 Å². The number of carbonyl (C=O) groups is 2. The summed E-state index contributed by atoms with van der Waals surface area (Å²) in [6, 6.07) is 4.61. The Morgan fingerprint density at radius 2 is 2.29 bits per heavy atom. The predicted octanol–water partition coefficient (Wildman–Crippen LogP) is 2.41. The number of carboxylic acids is 1. The fraction of sp³-hybridized carbons (Fsp3) is 0.429. The first-order valence-electron chi connectivity index (χ1n) is 6.62. The Kier molecular flexibility index (Phi) is 5.50. The highest BCUT2D eigenvalue weighted by atomic mass is 35.5. The highest BCUT2D eigenvalue weighted by Crippen LogP contribution is 2.23. The van der Waals surface area contributed by atoms with Crippen LogP contribution in [0.15, 0.2) is 18.2 Å². The van der Waals surface area contributed by atoms with Crippen molar-refractivity contribution in [3.8, 4) is 0 Å². The average molecular weight is 329 g/mol. The van der Waals surface area contributed by atoms with Crippen LogP contribution in [-0.4, -0.2) is 52.5 Å². The molecule has 5 nitrogen and oxygen atoms in total. The van der Waals surface area contributed by atoms with Crippen LogP contribution in [0.2, 0.25) is 5.02 Å². The van der Waals surface area contributed by atoms with Gasteiger partial charge in [0.15, 0.2) is 0 Å². The maximum absolute atomic E-state index is 12.1. The van der Waals surface area contributed by atoms with Gasteiger partial charge in [0, 0.05) is 24.1 Å². The third-order valence-corrected chi connectivity index (χ3v) is 4.86. The summed E-state index contributed by atoms with van der Waals surface area (Å²) in [5.41, 5.74) is 0.429. The smallest absolute Gasteiger partial charge is 0.335 e. The molecule has 1 saturated heterocycles. The van der Waals surface area contributed by atoms with Gasteiger partial charge in [-0.25, -0.2) is 4.79 Å². The van der Waals surface area contributed by atoms with Crippen molar-refractivity contribution in [2.24, 2.45) is 0 Å². The van der Waals surface area contributed by atoms with E-state index in [0.29, 0.717) is 16.8 Å². The number of carbonyl (C=O) groups excluding carboxylic acids is 1. The van der Waals surface area contributed by atoms with Crippen molar-refractivity contribution in [3.63, 3.8) is 0 Å². The molecule has 114 valence electrons. The second-order valence-corrected chi connectivity index (χ2v) is 6.50. The molecule has 0 bridgehead atoms. The van der Waals surface area contributed by atoms with Gasteiger partial charge < -0.3 is 10.4 Å². The van der Waals surface area contributed by atoms with Crippen LogP contribution in [0.1, 0.15) is 17.3 Å². The largest absolute Gasteiger partial charge is 0.478 e. The highest BCUT2D eigenvalue weighted by Gasteiger charge is 2.21. The minimum atomic E-state index is -1.05. The molecular weight excluding hydrogens is 312 g/mol. The van der Waals surface area contributed by atoms with Crippen LogP contribution in [0.4, 0.5) is 5.69 Å². The number of aromatic carboxylic acids is 1. The molecule has 1 aromatic carbocycles. The molecule has 0 radical (unpaired) electrons. The number of halogens is 1. The zero-order valence-electron chi connectivity index (χ0n) is 11.6. The fourth-order valence-electron chi connectivity index (χ4n) is 2.12. The number of amides is 1. The number of hydrogen-bond acceptors (Lipinski definition) is 4. The van der Waals surface area contributed by atoms with Gasteiger partial charge in [-0.3, -0.25) is 9.69 Å². The van der Waals surface area contributed by atoms with E-state index in [1.54, 1.807) is 0 Å². The summed E-state index contributed by atoms with van der Waals surface area (Å²) in [5, 5.41) is 12.0. The molecule has 0 aromatic heterocycles. The molecular formula is C14H17ClN2O3S. The predicted molar refractivity (Wildman–Crippen MR) is 85.4 cm³/mol. The molecule has 1 aliphatic heterocycles. The number of thioether (sulfide) groups is 1. The van der Waals surface area contributed by atoms with Crippen LogP contribution in [0.5, 0.6) is 0 Å². The normalized spacial score (nSPS) is 19.2. The van der Waals surface area contributed by atoms with Gasteiger partial charge >= 0.3 is 5.97 Å². The SMILES string of the molecule is CC1CSCCN1CC(=O)Nc1cc(C(=O)O)ccc1Cl. The van der Waals surface area contributed by atoms with Gasteiger partial charge in [-0.1, -0.05) is 11.6 Å². The monoisotopic (exact) mass is 328 g/mol. The number of benzene rings is 1. The van der Waals surface area contributed by atoms with Gasteiger partial charge in [-0.2, -0.15) is 11.8 Å². The highest BCUT2D eigenvalue weighted by molar-refractivity contribution is 7.99. The molecule has 2 N–H and O–H groups in total. The molecule has 0 saturated carbocycles. The zero-order valence-corrected chi connectivity index (χ0v) is 13.2. The van der Waals surface area contributed by atoms with E-state index in [1.165, 1.54) is 18.2 Å². The molecule has 1 amide bonds. The standard InChI is InChI=1S/C14H17ClN2O3S/c1-9-8-21-5-4-17(9)7-13(18)16-12-6-10(14(19)20)2-3-11(12)15/h2-3,6,9H,4-5,7-8H2,1H3,(H,16,18)(H,19,20).